The summed E-state index contributed by atoms with van der Waals surface area (Å²) in [5.41, 5.74) is 5.53. The lowest BCUT2D eigenvalue weighted by atomic mass is 9.96. The Morgan fingerprint density at radius 1 is 1.45 bits per heavy atom. The molecule has 0 spiro atoms. The number of piperidine rings is 1. The fraction of sp³-hybridized carbons (Fsp3) is 0.538. The highest BCUT2D eigenvalue weighted by Gasteiger charge is 2.24. The van der Waals surface area contributed by atoms with Crippen LogP contribution in [0, 0.1) is 5.92 Å². The van der Waals surface area contributed by atoms with Crippen LogP contribution < -0.4 is 11.1 Å². The maximum absolute atomic E-state index is 12.1. The van der Waals surface area contributed by atoms with Crippen molar-refractivity contribution < 1.29 is 4.79 Å². The van der Waals surface area contributed by atoms with Crippen molar-refractivity contribution in [1.82, 2.24) is 9.88 Å². The number of amides is 1. The zero-order chi connectivity index (χ0) is 13.7. The van der Waals surface area contributed by atoms with Gasteiger partial charge in [-0.15, -0.1) is 12.4 Å². The van der Waals surface area contributed by atoms with E-state index in [1.165, 1.54) is 6.20 Å². The molecule has 1 aromatic heterocycles. The molecule has 0 aliphatic carbocycles. The molecule has 3 N–H and O–H groups in total. The molecule has 0 saturated carbocycles. The summed E-state index contributed by atoms with van der Waals surface area (Å²) in [7, 11) is 0. The van der Waals surface area contributed by atoms with Gasteiger partial charge in [-0.3, -0.25) is 4.79 Å². The molecule has 1 aliphatic heterocycles. The number of rotatable bonds is 4. The monoisotopic (exact) mass is 318 g/mol. The minimum Gasteiger partial charge on any atom is -0.329 e. The van der Waals surface area contributed by atoms with Crippen LogP contribution in [0.1, 0.15) is 12.8 Å². The zero-order valence-corrected chi connectivity index (χ0v) is 12.8. The van der Waals surface area contributed by atoms with E-state index < -0.39 is 0 Å². The zero-order valence-electron chi connectivity index (χ0n) is 11.2. The van der Waals surface area contributed by atoms with Crippen LogP contribution >= 0.6 is 24.0 Å². The third-order valence-corrected chi connectivity index (χ3v) is 3.61. The van der Waals surface area contributed by atoms with Crippen LogP contribution in [-0.4, -0.2) is 42.0 Å². The minimum atomic E-state index is 0. The average Bonchev–Trinajstić information content (AvgIpc) is 2.42. The molecule has 1 aliphatic rings. The van der Waals surface area contributed by atoms with E-state index in [4.69, 9.17) is 17.3 Å². The van der Waals surface area contributed by atoms with Crippen molar-refractivity contribution in [3.63, 3.8) is 0 Å². The number of carbonyl (C=O) groups is 1. The van der Waals surface area contributed by atoms with E-state index in [9.17, 15) is 4.79 Å². The molecule has 0 bridgehead atoms. The van der Waals surface area contributed by atoms with Gasteiger partial charge in [-0.2, -0.15) is 0 Å². The van der Waals surface area contributed by atoms with Gasteiger partial charge in [0.05, 0.1) is 5.02 Å². The second-order valence-corrected chi connectivity index (χ2v) is 5.19. The van der Waals surface area contributed by atoms with Crippen LogP contribution in [0.25, 0.3) is 0 Å². The molecule has 0 atom stereocenters. The Hall–Kier alpha value is -0.880. The van der Waals surface area contributed by atoms with Crippen molar-refractivity contribution in [3.05, 3.63) is 23.4 Å². The Morgan fingerprint density at radius 2 is 2.15 bits per heavy atom. The van der Waals surface area contributed by atoms with Gasteiger partial charge in [0.15, 0.2) is 0 Å². The number of hydrogen-bond acceptors (Lipinski definition) is 4. The number of hydrogen-bond donors (Lipinski definition) is 2. The number of nitrogens with zero attached hydrogens (tertiary/aromatic N) is 2. The standard InChI is InChI=1S/C13H19ClN4O.ClH/c14-11-1-2-12(16-9-11)17-13(19)10-3-6-18(7-4-10)8-5-15;/h1-2,9-10H,3-8,15H2,(H,16,17,19);1H. The second kappa shape index (κ2) is 8.42. The maximum atomic E-state index is 12.1. The van der Waals surface area contributed by atoms with Crippen molar-refractivity contribution in [1.29, 1.82) is 0 Å². The fourth-order valence-electron chi connectivity index (χ4n) is 2.28. The first-order chi connectivity index (χ1) is 9.19. The van der Waals surface area contributed by atoms with Crippen molar-refractivity contribution in [2.24, 2.45) is 11.7 Å². The SMILES string of the molecule is Cl.NCCN1CCC(C(=O)Nc2ccc(Cl)cn2)CC1. The quantitative estimate of drug-likeness (QED) is 0.887. The second-order valence-electron chi connectivity index (χ2n) is 4.76. The van der Waals surface area contributed by atoms with Crippen molar-refractivity contribution in [2.45, 2.75) is 12.8 Å². The largest absolute Gasteiger partial charge is 0.329 e. The summed E-state index contributed by atoms with van der Waals surface area (Å²) in [4.78, 5) is 18.5. The molecule has 1 aromatic rings. The highest BCUT2D eigenvalue weighted by molar-refractivity contribution is 6.30. The highest BCUT2D eigenvalue weighted by atomic mass is 35.5. The number of pyridine rings is 1. The van der Waals surface area contributed by atoms with E-state index in [0.717, 1.165) is 32.5 Å². The van der Waals surface area contributed by atoms with Crippen molar-refractivity contribution in [3.8, 4) is 0 Å². The minimum absolute atomic E-state index is 0. The maximum Gasteiger partial charge on any atom is 0.228 e. The van der Waals surface area contributed by atoms with E-state index in [0.29, 0.717) is 17.4 Å². The molecule has 0 radical (unpaired) electrons. The summed E-state index contributed by atoms with van der Waals surface area (Å²) in [6.45, 7) is 3.45. The molecule has 1 saturated heterocycles. The lowest BCUT2D eigenvalue weighted by Crippen LogP contribution is -2.40. The van der Waals surface area contributed by atoms with Gasteiger partial charge in [0.1, 0.15) is 5.82 Å². The van der Waals surface area contributed by atoms with E-state index in [-0.39, 0.29) is 24.2 Å². The topological polar surface area (TPSA) is 71.2 Å². The molecule has 2 rings (SSSR count). The summed E-state index contributed by atoms with van der Waals surface area (Å²) in [6.07, 6.45) is 3.28. The van der Waals surface area contributed by atoms with E-state index >= 15 is 0 Å². The number of aromatic nitrogens is 1. The van der Waals surface area contributed by atoms with Gasteiger partial charge in [0.2, 0.25) is 5.91 Å². The fourth-order valence-corrected chi connectivity index (χ4v) is 2.39. The number of likely N-dealkylation sites (tertiary alicyclic amines) is 1. The van der Waals surface area contributed by atoms with E-state index in [1.54, 1.807) is 12.1 Å². The van der Waals surface area contributed by atoms with Gasteiger partial charge in [-0.1, -0.05) is 11.6 Å². The first-order valence-electron chi connectivity index (χ1n) is 6.54. The summed E-state index contributed by atoms with van der Waals surface area (Å²) in [5.74, 6) is 0.660. The molecule has 0 unspecified atom stereocenters. The third-order valence-electron chi connectivity index (χ3n) is 3.38. The van der Waals surface area contributed by atoms with Crippen LogP contribution in [0.5, 0.6) is 0 Å². The lowest BCUT2D eigenvalue weighted by Gasteiger charge is -2.30. The molecule has 1 amide bonds. The Balaban J connectivity index is 0.00000200. The van der Waals surface area contributed by atoms with Crippen LogP contribution in [-0.2, 0) is 4.79 Å². The van der Waals surface area contributed by atoms with Crippen LogP contribution in [0.3, 0.4) is 0 Å². The molecule has 7 heteroatoms. The molecule has 2 heterocycles. The van der Waals surface area contributed by atoms with Crippen molar-refractivity contribution in [2.75, 3.05) is 31.5 Å². The summed E-state index contributed by atoms with van der Waals surface area (Å²) in [6, 6.07) is 3.43. The molecule has 5 nitrogen and oxygen atoms in total. The highest BCUT2D eigenvalue weighted by Crippen LogP contribution is 2.19. The van der Waals surface area contributed by atoms with Crippen LogP contribution in [0.2, 0.25) is 5.02 Å². The Kier molecular flexibility index (Phi) is 7.23. The molecular weight excluding hydrogens is 299 g/mol. The average molecular weight is 319 g/mol. The van der Waals surface area contributed by atoms with E-state index in [1.807, 2.05) is 0 Å². The van der Waals surface area contributed by atoms with Crippen molar-refractivity contribution >= 4 is 35.7 Å². The van der Waals surface area contributed by atoms with Gasteiger partial charge in [0.25, 0.3) is 0 Å². The molecule has 112 valence electrons. The predicted molar refractivity (Wildman–Crippen MR) is 83.3 cm³/mol. The van der Waals surface area contributed by atoms with E-state index in [2.05, 4.69) is 15.2 Å². The number of nitrogens with two attached hydrogens (primary N) is 1. The first kappa shape index (κ1) is 17.2. The Labute approximate surface area is 130 Å². The molecule has 0 aromatic carbocycles. The third kappa shape index (κ3) is 4.90. The van der Waals surface area contributed by atoms with Crippen LogP contribution in [0.4, 0.5) is 5.82 Å². The number of halogens is 2. The summed E-state index contributed by atoms with van der Waals surface area (Å²) < 4.78 is 0. The first-order valence-corrected chi connectivity index (χ1v) is 6.91. The molecule has 20 heavy (non-hydrogen) atoms. The van der Waals surface area contributed by atoms with Crippen LogP contribution in [0.15, 0.2) is 18.3 Å². The lowest BCUT2D eigenvalue weighted by molar-refractivity contribution is -0.121. The molecule has 1 fully saturated rings. The smallest absolute Gasteiger partial charge is 0.228 e. The number of nitrogens with one attached hydrogen (secondary N) is 1. The summed E-state index contributed by atoms with van der Waals surface area (Å²) >= 11 is 5.75. The predicted octanol–water partition coefficient (Wildman–Crippen LogP) is 1.77. The Bertz CT molecular complexity index is 419. The van der Waals surface area contributed by atoms with Gasteiger partial charge >= 0.3 is 0 Å². The number of anilines is 1. The summed E-state index contributed by atoms with van der Waals surface area (Å²) in [5, 5.41) is 3.40. The normalized spacial score (nSPS) is 16.5. The number of carbonyl (C=O) groups excluding carboxylic acids is 1. The van der Waals surface area contributed by atoms with Gasteiger partial charge in [0, 0.05) is 25.2 Å². The van der Waals surface area contributed by atoms with Gasteiger partial charge < -0.3 is 16.0 Å². The van der Waals surface area contributed by atoms with Gasteiger partial charge in [-0.05, 0) is 38.1 Å². The Morgan fingerprint density at radius 3 is 2.70 bits per heavy atom. The molecular formula is C13H20Cl2N4O. The van der Waals surface area contributed by atoms with Gasteiger partial charge in [-0.25, -0.2) is 4.98 Å².